The van der Waals surface area contributed by atoms with Gasteiger partial charge in [0, 0.05) is 25.8 Å². The molecular weight excluding hydrogens is 266 g/mol. The molecular formula is C13H19NO4S. The van der Waals surface area contributed by atoms with Crippen molar-refractivity contribution in [3.63, 3.8) is 0 Å². The van der Waals surface area contributed by atoms with Gasteiger partial charge in [0.25, 0.3) is 0 Å². The number of methoxy groups -OCH3 is 1. The molecule has 0 aliphatic carbocycles. The molecule has 1 rings (SSSR count). The number of hydrogen-bond donors (Lipinski definition) is 0. The number of Topliss-reactive ketones (excluding diaryl/α,β-unsaturated/α-hetero) is 1. The van der Waals surface area contributed by atoms with Crippen LogP contribution in [0.15, 0.2) is 29.2 Å². The minimum absolute atomic E-state index is 0.137. The summed E-state index contributed by atoms with van der Waals surface area (Å²) in [4.78, 5) is 11.4. The van der Waals surface area contributed by atoms with Crippen LogP contribution in [0.2, 0.25) is 0 Å². The van der Waals surface area contributed by atoms with Gasteiger partial charge < -0.3 is 4.74 Å². The second-order valence-corrected chi connectivity index (χ2v) is 6.01. The van der Waals surface area contributed by atoms with Gasteiger partial charge in [0.1, 0.15) is 0 Å². The molecule has 0 N–H and O–H groups in total. The monoisotopic (exact) mass is 285 g/mol. The Labute approximate surface area is 114 Å². The van der Waals surface area contributed by atoms with Crippen LogP contribution in [0.4, 0.5) is 0 Å². The van der Waals surface area contributed by atoms with Crippen LogP contribution in [0, 0.1) is 0 Å². The van der Waals surface area contributed by atoms with E-state index < -0.39 is 10.0 Å². The van der Waals surface area contributed by atoms with Gasteiger partial charge in [0.15, 0.2) is 5.78 Å². The fraction of sp³-hybridized carbons (Fsp3) is 0.462. The van der Waals surface area contributed by atoms with Gasteiger partial charge in [-0.1, -0.05) is 19.1 Å². The SMILES string of the molecule is CCN(CCOC)S(=O)(=O)c1cccc(C(C)=O)c1. The van der Waals surface area contributed by atoms with E-state index in [9.17, 15) is 13.2 Å². The van der Waals surface area contributed by atoms with E-state index in [1.807, 2.05) is 0 Å². The first kappa shape index (κ1) is 15.8. The van der Waals surface area contributed by atoms with Crippen molar-refractivity contribution in [2.24, 2.45) is 0 Å². The highest BCUT2D eigenvalue weighted by molar-refractivity contribution is 7.89. The highest BCUT2D eigenvalue weighted by atomic mass is 32.2. The normalized spacial score (nSPS) is 11.8. The number of sulfonamides is 1. The van der Waals surface area contributed by atoms with Crippen molar-refractivity contribution in [2.45, 2.75) is 18.7 Å². The fourth-order valence-electron chi connectivity index (χ4n) is 1.67. The summed E-state index contributed by atoms with van der Waals surface area (Å²) in [5.74, 6) is -0.156. The highest BCUT2D eigenvalue weighted by Gasteiger charge is 2.23. The second-order valence-electron chi connectivity index (χ2n) is 4.07. The van der Waals surface area contributed by atoms with E-state index in [2.05, 4.69) is 0 Å². The van der Waals surface area contributed by atoms with Gasteiger partial charge in [-0.25, -0.2) is 8.42 Å². The molecule has 0 spiro atoms. The highest BCUT2D eigenvalue weighted by Crippen LogP contribution is 2.17. The number of ether oxygens (including phenoxy) is 1. The van der Waals surface area contributed by atoms with E-state index >= 15 is 0 Å². The molecule has 0 heterocycles. The molecule has 1 aromatic rings. The van der Waals surface area contributed by atoms with Crippen LogP contribution in [0.25, 0.3) is 0 Å². The van der Waals surface area contributed by atoms with Crippen LogP contribution in [0.3, 0.4) is 0 Å². The molecule has 0 fully saturated rings. The lowest BCUT2D eigenvalue weighted by Crippen LogP contribution is -2.33. The molecule has 19 heavy (non-hydrogen) atoms. The molecule has 0 aliphatic heterocycles. The van der Waals surface area contributed by atoms with E-state index in [1.165, 1.54) is 30.5 Å². The first-order chi connectivity index (χ1) is 8.93. The summed E-state index contributed by atoms with van der Waals surface area (Å²) in [5, 5.41) is 0. The van der Waals surface area contributed by atoms with E-state index in [1.54, 1.807) is 19.1 Å². The third kappa shape index (κ3) is 3.86. The van der Waals surface area contributed by atoms with E-state index in [0.29, 0.717) is 25.3 Å². The predicted octanol–water partition coefficient (Wildman–Crippen LogP) is 1.55. The third-order valence-electron chi connectivity index (χ3n) is 2.78. The number of hydrogen-bond acceptors (Lipinski definition) is 4. The van der Waals surface area contributed by atoms with Gasteiger partial charge in [0.2, 0.25) is 10.0 Å². The summed E-state index contributed by atoms with van der Waals surface area (Å²) < 4.78 is 31.0. The fourth-order valence-corrected chi connectivity index (χ4v) is 3.15. The lowest BCUT2D eigenvalue weighted by molar-refractivity contribution is 0.101. The maximum absolute atomic E-state index is 12.4. The molecule has 6 heteroatoms. The quantitative estimate of drug-likeness (QED) is 0.713. The van der Waals surface area contributed by atoms with Gasteiger partial charge in [0.05, 0.1) is 11.5 Å². The van der Waals surface area contributed by atoms with Crippen molar-refractivity contribution in [2.75, 3.05) is 26.8 Å². The zero-order chi connectivity index (χ0) is 14.5. The summed E-state index contributed by atoms with van der Waals surface area (Å²) in [7, 11) is -2.05. The minimum Gasteiger partial charge on any atom is -0.383 e. The van der Waals surface area contributed by atoms with Crippen LogP contribution in [0.1, 0.15) is 24.2 Å². The summed E-state index contributed by atoms with van der Waals surface area (Å²) in [5.41, 5.74) is 0.392. The zero-order valence-corrected chi connectivity index (χ0v) is 12.2. The number of benzene rings is 1. The van der Waals surface area contributed by atoms with Gasteiger partial charge in [-0.2, -0.15) is 4.31 Å². The van der Waals surface area contributed by atoms with Gasteiger partial charge in [-0.05, 0) is 19.1 Å². The molecule has 0 saturated heterocycles. The van der Waals surface area contributed by atoms with Crippen molar-refractivity contribution < 1.29 is 17.9 Å². The van der Waals surface area contributed by atoms with Crippen LogP contribution in [-0.2, 0) is 14.8 Å². The lowest BCUT2D eigenvalue weighted by Gasteiger charge is -2.20. The smallest absolute Gasteiger partial charge is 0.243 e. The van der Waals surface area contributed by atoms with Crippen molar-refractivity contribution in [3.8, 4) is 0 Å². The number of carbonyl (C=O) groups is 1. The van der Waals surface area contributed by atoms with Gasteiger partial charge in [-0.15, -0.1) is 0 Å². The number of rotatable bonds is 7. The number of ketones is 1. The molecule has 5 nitrogen and oxygen atoms in total. The molecule has 0 unspecified atom stereocenters. The Morgan fingerprint density at radius 1 is 1.37 bits per heavy atom. The largest absolute Gasteiger partial charge is 0.383 e. The Hall–Kier alpha value is -1.24. The zero-order valence-electron chi connectivity index (χ0n) is 11.4. The van der Waals surface area contributed by atoms with E-state index in [0.717, 1.165) is 0 Å². The Bertz CT molecular complexity index is 539. The molecule has 0 radical (unpaired) electrons. The van der Waals surface area contributed by atoms with Crippen LogP contribution in [-0.4, -0.2) is 45.3 Å². The summed E-state index contributed by atoms with van der Waals surface area (Å²) in [6, 6.07) is 6.09. The number of likely N-dealkylation sites (N-methyl/N-ethyl adjacent to an activating group) is 1. The van der Waals surface area contributed by atoms with Gasteiger partial charge >= 0.3 is 0 Å². The van der Waals surface area contributed by atoms with Crippen LogP contribution in [0.5, 0.6) is 0 Å². The molecule has 0 atom stereocenters. The first-order valence-electron chi connectivity index (χ1n) is 6.03. The van der Waals surface area contributed by atoms with E-state index in [4.69, 9.17) is 4.74 Å². The predicted molar refractivity (Wildman–Crippen MR) is 72.8 cm³/mol. The molecule has 0 aliphatic rings. The maximum atomic E-state index is 12.4. The van der Waals surface area contributed by atoms with Crippen molar-refractivity contribution in [3.05, 3.63) is 29.8 Å². The topological polar surface area (TPSA) is 63.7 Å². The molecule has 0 amide bonds. The summed E-state index contributed by atoms with van der Waals surface area (Å²) >= 11 is 0. The average molecular weight is 285 g/mol. The Morgan fingerprint density at radius 3 is 2.58 bits per heavy atom. The Balaban J connectivity index is 3.11. The standard InChI is InChI=1S/C13H19NO4S/c1-4-14(8-9-18-3)19(16,17)13-7-5-6-12(10-13)11(2)15/h5-7,10H,4,8-9H2,1-3H3. The molecule has 0 saturated carbocycles. The van der Waals surface area contributed by atoms with Crippen LogP contribution < -0.4 is 0 Å². The average Bonchev–Trinajstić information content (AvgIpc) is 2.39. The third-order valence-corrected chi connectivity index (χ3v) is 4.75. The van der Waals surface area contributed by atoms with Crippen LogP contribution >= 0.6 is 0 Å². The van der Waals surface area contributed by atoms with Gasteiger partial charge in [-0.3, -0.25) is 4.79 Å². The number of carbonyl (C=O) groups excluding carboxylic acids is 1. The summed E-state index contributed by atoms with van der Waals surface area (Å²) in [6.07, 6.45) is 0. The maximum Gasteiger partial charge on any atom is 0.243 e. The minimum atomic E-state index is -3.58. The Morgan fingerprint density at radius 2 is 2.05 bits per heavy atom. The van der Waals surface area contributed by atoms with Crippen molar-refractivity contribution in [1.82, 2.24) is 4.31 Å². The van der Waals surface area contributed by atoms with Crippen molar-refractivity contribution >= 4 is 15.8 Å². The first-order valence-corrected chi connectivity index (χ1v) is 7.47. The van der Waals surface area contributed by atoms with Crippen molar-refractivity contribution in [1.29, 1.82) is 0 Å². The van der Waals surface area contributed by atoms with E-state index in [-0.39, 0.29) is 10.7 Å². The lowest BCUT2D eigenvalue weighted by atomic mass is 10.2. The molecule has 1 aromatic carbocycles. The number of nitrogens with zero attached hydrogens (tertiary/aromatic N) is 1. The molecule has 0 bridgehead atoms. The Kier molecular flexibility index (Phi) is 5.65. The molecule has 0 aromatic heterocycles. The second kappa shape index (κ2) is 6.79. The summed E-state index contributed by atoms with van der Waals surface area (Å²) in [6.45, 7) is 4.16. The molecule has 106 valence electrons.